The Morgan fingerprint density at radius 3 is 2.81 bits per heavy atom. The molecule has 0 amide bonds. The number of nitrogens with one attached hydrogen (secondary N) is 1. The van der Waals surface area contributed by atoms with Crippen molar-refractivity contribution in [3.8, 4) is 0 Å². The van der Waals surface area contributed by atoms with Crippen LogP contribution in [0, 0.1) is 0 Å². The van der Waals surface area contributed by atoms with Gasteiger partial charge in [-0.2, -0.15) is 0 Å². The van der Waals surface area contributed by atoms with Crippen LogP contribution in [0.25, 0.3) is 0 Å². The van der Waals surface area contributed by atoms with E-state index in [1.54, 1.807) is 0 Å². The quantitative estimate of drug-likeness (QED) is 0.744. The Bertz CT molecular complexity index is 241. The normalized spacial score (nSPS) is 29.2. The van der Waals surface area contributed by atoms with E-state index in [9.17, 15) is 0 Å². The summed E-state index contributed by atoms with van der Waals surface area (Å²) in [6.45, 7) is 9.52. The van der Waals surface area contributed by atoms with Gasteiger partial charge in [-0.1, -0.05) is 12.2 Å². The standard InChI is InChI=1S/C13H23NO2/c1-11(2)10-14-12-3-6-16-13(9-12)4-7-15-8-5-13/h12,14H,1,3-10H2,2H3. The van der Waals surface area contributed by atoms with Crippen molar-refractivity contribution in [3.63, 3.8) is 0 Å². The maximum Gasteiger partial charge on any atom is 0.0741 e. The maximum absolute atomic E-state index is 6.00. The van der Waals surface area contributed by atoms with Crippen LogP contribution in [0.2, 0.25) is 0 Å². The van der Waals surface area contributed by atoms with Crippen LogP contribution in [0.15, 0.2) is 12.2 Å². The van der Waals surface area contributed by atoms with E-state index in [2.05, 4.69) is 18.8 Å². The van der Waals surface area contributed by atoms with E-state index in [0.717, 1.165) is 52.0 Å². The second-order valence-corrected chi connectivity index (χ2v) is 5.17. The summed E-state index contributed by atoms with van der Waals surface area (Å²) in [6, 6.07) is 0.587. The molecular formula is C13H23NO2. The molecule has 3 heteroatoms. The third-order valence-corrected chi connectivity index (χ3v) is 3.59. The molecule has 0 aromatic heterocycles. The molecule has 2 fully saturated rings. The average Bonchev–Trinajstić information content (AvgIpc) is 2.28. The zero-order valence-corrected chi connectivity index (χ0v) is 10.3. The van der Waals surface area contributed by atoms with Crippen molar-refractivity contribution in [2.24, 2.45) is 0 Å². The molecule has 1 atom stereocenters. The molecule has 92 valence electrons. The van der Waals surface area contributed by atoms with Crippen molar-refractivity contribution in [3.05, 3.63) is 12.2 Å². The molecule has 2 saturated heterocycles. The Balaban J connectivity index is 1.85. The van der Waals surface area contributed by atoms with Gasteiger partial charge in [-0.15, -0.1) is 0 Å². The Morgan fingerprint density at radius 2 is 2.12 bits per heavy atom. The van der Waals surface area contributed by atoms with Crippen LogP contribution < -0.4 is 5.32 Å². The second-order valence-electron chi connectivity index (χ2n) is 5.17. The maximum atomic E-state index is 6.00. The first-order chi connectivity index (χ1) is 7.70. The van der Waals surface area contributed by atoms with Gasteiger partial charge in [-0.05, 0) is 32.6 Å². The minimum atomic E-state index is 0.100. The average molecular weight is 225 g/mol. The van der Waals surface area contributed by atoms with Gasteiger partial charge in [0.2, 0.25) is 0 Å². The van der Waals surface area contributed by atoms with Gasteiger partial charge in [-0.3, -0.25) is 0 Å². The highest BCUT2D eigenvalue weighted by molar-refractivity contribution is 4.96. The molecular weight excluding hydrogens is 202 g/mol. The molecule has 0 aromatic carbocycles. The molecule has 0 aliphatic carbocycles. The van der Waals surface area contributed by atoms with Crippen LogP contribution >= 0.6 is 0 Å². The number of hydrogen-bond acceptors (Lipinski definition) is 3. The van der Waals surface area contributed by atoms with E-state index in [0.29, 0.717) is 6.04 Å². The molecule has 2 rings (SSSR count). The Labute approximate surface area is 98.2 Å². The monoisotopic (exact) mass is 225 g/mol. The molecule has 1 spiro atoms. The fourth-order valence-corrected chi connectivity index (χ4v) is 2.61. The fourth-order valence-electron chi connectivity index (χ4n) is 2.61. The zero-order chi connectivity index (χ0) is 11.4. The van der Waals surface area contributed by atoms with Crippen LogP contribution in [0.4, 0.5) is 0 Å². The lowest BCUT2D eigenvalue weighted by Gasteiger charge is -2.43. The van der Waals surface area contributed by atoms with Crippen molar-refractivity contribution in [2.45, 2.75) is 44.2 Å². The molecule has 0 aromatic rings. The molecule has 2 heterocycles. The molecule has 16 heavy (non-hydrogen) atoms. The summed E-state index contributed by atoms with van der Waals surface area (Å²) in [4.78, 5) is 0. The Hall–Kier alpha value is -0.380. The van der Waals surface area contributed by atoms with Crippen LogP contribution in [0.1, 0.15) is 32.6 Å². The third-order valence-electron chi connectivity index (χ3n) is 3.59. The van der Waals surface area contributed by atoms with Gasteiger partial charge >= 0.3 is 0 Å². The fraction of sp³-hybridized carbons (Fsp3) is 0.846. The van der Waals surface area contributed by atoms with Crippen molar-refractivity contribution >= 4 is 0 Å². The first-order valence-electron chi connectivity index (χ1n) is 6.30. The lowest BCUT2D eigenvalue weighted by molar-refractivity contribution is -0.140. The minimum absolute atomic E-state index is 0.100. The van der Waals surface area contributed by atoms with Crippen LogP contribution in [0.5, 0.6) is 0 Å². The predicted molar refractivity (Wildman–Crippen MR) is 64.6 cm³/mol. The summed E-state index contributed by atoms with van der Waals surface area (Å²) in [5, 5.41) is 3.57. The first kappa shape index (κ1) is 12.1. The smallest absolute Gasteiger partial charge is 0.0741 e. The number of hydrogen-bond donors (Lipinski definition) is 1. The Morgan fingerprint density at radius 1 is 1.38 bits per heavy atom. The topological polar surface area (TPSA) is 30.5 Å². The first-order valence-corrected chi connectivity index (χ1v) is 6.30. The predicted octanol–water partition coefficient (Wildman–Crippen LogP) is 1.88. The van der Waals surface area contributed by atoms with Crippen molar-refractivity contribution in [1.82, 2.24) is 5.32 Å². The largest absolute Gasteiger partial charge is 0.381 e. The van der Waals surface area contributed by atoms with Crippen molar-refractivity contribution in [2.75, 3.05) is 26.4 Å². The van der Waals surface area contributed by atoms with E-state index >= 15 is 0 Å². The molecule has 0 radical (unpaired) electrons. The van der Waals surface area contributed by atoms with Gasteiger partial charge in [0.1, 0.15) is 0 Å². The summed E-state index contributed by atoms with van der Waals surface area (Å²) >= 11 is 0. The van der Waals surface area contributed by atoms with Crippen LogP contribution in [-0.2, 0) is 9.47 Å². The van der Waals surface area contributed by atoms with E-state index in [4.69, 9.17) is 9.47 Å². The lowest BCUT2D eigenvalue weighted by Crippen LogP contribution is -2.50. The molecule has 3 nitrogen and oxygen atoms in total. The summed E-state index contributed by atoms with van der Waals surface area (Å²) < 4.78 is 11.4. The zero-order valence-electron chi connectivity index (χ0n) is 10.3. The minimum Gasteiger partial charge on any atom is -0.381 e. The number of rotatable bonds is 3. The molecule has 1 unspecified atom stereocenters. The highest BCUT2D eigenvalue weighted by atomic mass is 16.5. The van der Waals surface area contributed by atoms with Gasteiger partial charge in [0, 0.05) is 32.4 Å². The molecule has 1 N–H and O–H groups in total. The van der Waals surface area contributed by atoms with Gasteiger partial charge in [0.15, 0.2) is 0 Å². The summed E-state index contributed by atoms with van der Waals surface area (Å²) in [7, 11) is 0. The molecule has 0 saturated carbocycles. The van der Waals surface area contributed by atoms with E-state index in [1.807, 2.05) is 0 Å². The highest BCUT2D eigenvalue weighted by Gasteiger charge is 2.38. The van der Waals surface area contributed by atoms with Crippen LogP contribution in [-0.4, -0.2) is 38.0 Å². The van der Waals surface area contributed by atoms with E-state index in [1.165, 1.54) is 5.57 Å². The highest BCUT2D eigenvalue weighted by Crippen LogP contribution is 2.34. The molecule has 0 bridgehead atoms. The van der Waals surface area contributed by atoms with Crippen LogP contribution in [0.3, 0.4) is 0 Å². The summed E-state index contributed by atoms with van der Waals surface area (Å²) in [6.07, 6.45) is 4.36. The number of ether oxygens (including phenoxy) is 2. The third kappa shape index (κ3) is 3.06. The van der Waals surface area contributed by atoms with E-state index < -0.39 is 0 Å². The van der Waals surface area contributed by atoms with Gasteiger partial charge < -0.3 is 14.8 Å². The second kappa shape index (κ2) is 5.30. The molecule has 2 aliphatic rings. The lowest BCUT2D eigenvalue weighted by atomic mass is 9.84. The van der Waals surface area contributed by atoms with Crippen molar-refractivity contribution < 1.29 is 9.47 Å². The van der Waals surface area contributed by atoms with Gasteiger partial charge in [0.05, 0.1) is 5.60 Å². The van der Waals surface area contributed by atoms with Crippen molar-refractivity contribution in [1.29, 1.82) is 0 Å². The SMILES string of the molecule is C=C(C)CNC1CCOC2(CCOCC2)C1. The summed E-state index contributed by atoms with van der Waals surface area (Å²) in [5.41, 5.74) is 1.30. The Kier molecular flexibility index (Phi) is 4.00. The van der Waals surface area contributed by atoms with Gasteiger partial charge in [0.25, 0.3) is 0 Å². The summed E-state index contributed by atoms with van der Waals surface area (Å²) in [5.74, 6) is 0. The molecule has 2 aliphatic heterocycles. The van der Waals surface area contributed by atoms with E-state index in [-0.39, 0.29) is 5.60 Å². The van der Waals surface area contributed by atoms with Gasteiger partial charge in [-0.25, -0.2) is 0 Å².